The summed E-state index contributed by atoms with van der Waals surface area (Å²) in [6.45, 7) is 2.72. The van der Waals surface area contributed by atoms with Gasteiger partial charge in [-0.2, -0.15) is 26.3 Å². The summed E-state index contributed by atoms with van der Waals surface area (Å²) in [5.74, 6) is -5.02. The fourth-order valence-corrected chi connectivity index (χ4v) is 3.30. The van der Waals surface area contributed by atoms with Crippen molar-refractivity contribution in [3.05, 3.63) is 30.1 Å². The number of likely N-dealkylation sites (N-methyl/N-ethyl adjacent to an activating group) is 1. The fraction of sp³-hybridized carbons (Fsp3) is 0.579. The Hall–Kier alpha value is -2.94. The predicted molar refractivity (Wildman–Crippen MR) is 103 cm³/mol. The molecule has 0 spiro atoms. The summed E-state index contributed by atoms with van der Waals surface area (Å²) >= 11 is 0. The van der Waals surface area contributed by atoms with Crippen molar-refractivity contribution in [3.8, 4) is 0 Å². The molecule has 3 atom stereocenters. The number of carbonyl (C=O) groups excluding carboxylic acids is 1. The van der Waals surface area contributed by atoms with Crippen molar-refractivity contribution in [2.24, 2.45) is 5.92 Å². The van der Waals surface area contributed by atoms with Crippen LogP contribution in [0.2, 0.25) is 0 Å². The van der Waals surface area contributed by atoms with Gasteiger partial charge in [0.25, 0.3) is 5.91 Å². The Morgan fingerprint density at radius 2 is 1.53 bits per heavy atom. The van der Waals surface area contributed by atoms with Crippen LogP contribution >= 0.6 is 0 Å². The second kappa shape index (κ2) is 12.5. The Kier molecular flexibility index (Phi) is 10.7. The van der Waals surface area contributed by atoms with Crippen LogP contribution in [0.25, 0.3) is 0 Å². The topological polar surface area (TPSA) is 129 Å². The first-order chi connectivity index (χ1) is 15.6. The van der Waals surface area contributed by atoms with Crippen LogP contribution in [0.15, 0.2) is 24.5 Å². The number of nitrogens with one attached hydrogen (secondary N) is 1. The number of carboxylic acids is 2. The van der Waals surface area contributed by atoms with E-state index < -0.39 is 24.3 Å². The van der Waals surface area contributed by atoms with Gasteiger partial charge in [0.1, 0.15) is 0 Å². The minimum Gasteiger partial charge on any atom is -0.475 e. The van der Waals surface area contributed by atoms with Crippen LogP contribution in [0.3, 0.4) is 0 Å². The van der Waals surface area contributed by atoms with Gasteiger partial charge in [-0.3, -0.25) is 9.78 Å². The first-order valence-electron chi connectivity index (χ1n) is 9.74. The van der Waals surface area contributed by atoms with E-state index in [-0.39, 0.29) is 18.1 Å². The molecule has 2 aliphatic rings. The molecule has 2 saturated heterocycles. The highest BCUT2D eigenvalue weighted by Gasteiger charge is 2.40. The largest absolute Gasteiger partial charge is 0.490 e. The number of alkyl halides is 6. The molecule has 9 nitrogen and oxygen atoms in total. The van der Waals surface area contributed by atoms with Gasteiger partial charge in [-0.1, -0.05) is 0 Å². The molecule has 0 radical (unpaired) electrons. The number of hydrogen-bond acceptors (Lipinski definition) is 6. The summed E-state index contributed by atoms with van der Waals surface area (Å²) in [4.78, 5) is 36.3. The normalized spacial score (nSPS) is 22.6. The summed E-state index contributed by atoms with van der Waals surface area (Å²) < 4.78 is 69.4. The lowest BCUT2D eigenvalue weighted by atomic mass is 9.85. The zero-order valence-corrected chi connectivity index (χ0v) is 17.8. The number of carboxylic acid groups (broad SMARTS) is 2. The molecule has 1 aromatic heterocycles. The van der Waals surface area contributed by atoms with Crippen LogP contribution in [0, 0.1) is 5.92 Å². The standard InChI is InChI=1S/C15H21N3O2.2C2HF3O2/c1-18-9-12-3-2-8-20-14(12)13(10-18)17-15(19)11-4-6-16-7-5-11;2*3-2(4,5)1(6)7/h4-7,12-14H,2-3,8-10H2,1H3,(H,17,19);2*(H,6,7)/t12-,13+,14-;;/m0../s1. The van der Waals surface area contributed by atoms with Gasteiger partial charge in [0.2, 0.25) is 0 Å². The molecule has 3 heterocycles. The molecule has 2 aliphatic heterocycles. The fourth-order valence-electron chi connectivity index (χ4n) is 3.30. The lowest BCUT2D eigenvalue weighted by Gasteiger charge is -2.44. The van der Waals surface area contributed by atoms with Crippen LogP contribution < -0.4 is 5.32 Å². The van der Waals surface area contributed by atoms with Gasteiger partial charge in [0.05, 0.1) is 12.1 Å². The van der Waals surface area contributed by atoms with E-state index in [0.29, 0.717) is 11.5 Å². The van der Waals surface area contributed by atoms with Gasteiger partial charge in [-0.05, 0) is 37.9 Å². The van der Waals surface area contributed by atoms with Gasteiger partial charge in [-0.25, -0.2) is 9.59 Å². The third-order valence-corrected chi connectivity index (χ3v) is 4.69. The quantitative estimate of drug-likeness (QED) is 0.524. The highest BCUT2D eigenvalue weighted by molar-refractivity contribution is 5.94. The minimum absolute atomic E-state index is 0.0411. The van der Waals surface area contributed by atoms with E-state index in [1.54, 1.807) is 24.5 Å². The molecule has 34 heavy (non-hydrogen) atoms. The van der Waals surface area contributed by atoms with Crippen LogP contribution in [0.5, 0.6) is 0 Å². The van der Waals surface area contributed by atoms with Crippen LogP contribution in [-0.4, -0.2) is 89.2 Å². The lowest BCUT2D eigenvalue weighted by Crippen LogP contribution is -2.60. The predicted octanol–water partition coefficient (Wildman–Crippen LogP) is 2.19. The van der Waals surface area contributed by atoms with Crippen LogP contribution in [0.1, 0.15) is 23.2 Å². The van der Waals surface area contributed by atoms with Gasteiger partial charge >= 0.3 is 24.3 Å². The van der Waals surface area contributed by atoms with E-state index in [9.17, 15) is 31.1 Å². The molecule has 2 fully saturated rings. The van der Waals surface area contributed by atoms with Crippen LogP contribution in [-0.2, 0) is 14.3 Å². The number of ether oxygens (including phenoxy) is 1. The number of aliphatic carboxylic acids is 2. The first kappa shape index (κ1) is 29.1. The van der Waals surface area contributed by atoms with E-state index >= 15 is 0 Å². The highest BCUT2D eigenvalue weighted by Crippen LogP contribution is 2.28. The third-order valence-electron chi connectivity index (χ3n) is 4.69. The number of rotatable bonds is 2. The lowest BCUT2D eigenvalue weighted by molar-refractivity contribution is -0.193. The van der Waals surface area contributed by atoms with Crippen molar-refractivity contribution in [1.82, 2.24) is 15.2 Å². The third kappa shape index (κ3) is 9.91. The molecule has 3 N–H and O–H groups in total. The SMILES string of the molecule is CN1C[C@@H]2CCCO[C@@H]2[C@H](NC(=O)c2ccncc2)C1.O=C(O)C(F)(F)F.O=C(O)C(F)(F)F. The Morgan fingerprint density at radius 3 is 2.00 bits per heavy atom. The monoisotopic (exact) mass is 503 g/mol. The number of halogens is 6. The van der Waals surface area contributed by atoms with E-state index in [2.05, 4.69) is 22.2 Å². The van der Waals surface area contributed by atoms with Crippen molar-refractivity contribution in [2.45, 2.75) is 37.3 Å². The second-order valence-electron chi connectivity index (χ2n) is 7.38. The van der Waals surface area contributed by atoms with Gasteiger partial charge in [0, 0.05) is 37.7 Å². The minimum atomic E-state index is -5.08. The molecule has 0 unspecified atom stereocenters. The van der Waals surface area contributed by atoms with Gasteiger partial charge in [0.15, 0.2) is 0 Å². The summed E-state index contributed by atoms with van der Waals surface area (Å²) in [7, 11) is 2.11. The molecule has 3 rings (SSSR count). The smallest absolute Gasteiger partial charge is 0.475 e. The van der Waals surface area contributed by atoms with Crippen molar-refractivity contribution in [2.75, 3.05) is 26.7 Å². The number of likely N-dealkylation sites (tertiary alicyclic amines) is 1. The number of pyridine rings is 1. The molecule has 0 aliphatic carbocycles. The average Bonchev–Trinajstić information content (AvgIpc) is 2.73. The van der Waals surface area contributed by atoms with Gasteiger partial charge < -0.3 is 25.2 Å². The maximum Gasteiger partial charge on any atom is 0.490 e. The Balaban J connectivity index is 0.000000343. The van der Waals surface area contributed by atoms with Crippen molar-refractivity contribution in [1.29, 1.82) is 0 Å². The number of hydrogen-bond donors (Lipinski definition) is 3. The summed E-state index contributed by atoms with van der Waals surface area (Å²) in [5, 5.41) is 17.4. The number of fused-ring (bicyclic) bond motifs is 1. The van der Waals surface area contributed by atoms with E-state index in [1.165, 1.54) is 6.42 Å². The van der Waals surface area contributed by atoms with E-state index in [4.69, 9.17) is 24.5 Å². The number of carbonyl (C=O) groups is 3. The summed E-state index contributed by atoms with van der Waals surface area (Å²) in [6, 6.07) is 3.54. The number of amides is 1. The van der Waals surface area contributed by atoms with Gasteiger partial charge in [-0.15, -0.1) is 0 Å². The molecule has 192 valence electrons. The first-order valence-corrected chi connectivity index (χ1v) is 9.74. The average molecular weight is 503 g/mol. The van der Waals surface area contributed by atoms with Crippen molar-refractivity contribution >= 4 is 17.8 Å². The molecule has 0 bridgehead atoms. The molecule has 15 heteroatoms. The maximum absolute atomic E-state index is 12.3. The Morgan fingerprint density at radius 1 is 1.03 bits per heavy atom. The summed E-state index contributed by atoms with van der Waals surface area (Å²) in [6.07, 6.45) is -4.41. The zero-order chi connectivity index (χ0) is 26.1. The molecular formula is C19H23F6N3O6. The van der Waals surface area contributed by atoms with E-state index in [1.807, 2.05) is 0 Å². The molecule has 1 aromatic rings. The highest BCUT2D eigenvalue weighted by atomic mass is 19.4. The van der Waals surface area contributed by atoms with E-state index in [0.717, 1.165) is 26.1 Å². The Labute approximate surface area is 189 Å². The molecular weight excluding hydrogens is 480 g/mol. The molecule has 0 saturated carbocycles. The molecule has 0 aromatic carbocycles. The summed E-state index contributed by atoms with van der Waals surface area (Å²) in [5.41, 5.74) is 0.653. The number of piperidine rings is 1. The van der Waals surface area contributed by atoms with Crippen molar-refractivity contribution in [3.63, 3.8) is 0 Å². The van der Waals surface area contributed by atoms with Crippen LogP contribution in [0.4, 0.5) is 26.3 Å². The number of aromatic nitrogens is 1. The molecule has 1 amide bonds. The Bertz CT molecular complexity index is 797. The second-order valence-corrected chi connectivity index (χ2v) is 7.38. The maximum atomic E-state index is 12.3. The zero-order valence-electron chi connectivity index (χ0n) is 17.8. The number of nitrogens with zero attached hydrogens (tertiary/aromatic N) is 2. The van der Waals surface area contributed by atoms with Crippen molar-refractivity contribution < 1.29 is 55.7 Å².